The molecule has 0 radical (unpaired) electrons. The summed E-state index contributed by atoms with van der Waals surface area (Å²) in [6.07, 6.45) is -0.883. The Balaban J connectivity index is 1.68. The van der Waals surface area contributed by atoms with E-state index in [2.05, 4.69) is 5.32 Å². The molecule has 0 aliphatic heterocycles. The first kappa shape index (κ1) is 19.4. The minimum absolute atomic E-state index is 0.322. The van der Waals surface area contributed by atoms with Gasteiger partial charge in [0.15, 0.2) is 6.10 Å². The molecule has 1 N–H and O–H groups in total. The third-order valence-corrected chi connectivity index (χ3v) is 4.47. The van der Waals surface area contributed by atoms with E-state index in [1.54, 1.807) is 6.92 Å². The number of hydrogen-bond acceptors (Lipinski definition) is 3. The first-order chi connectivity index (χ1) is 13.6. The lowest BCUT2D eigenvalue weighted by molar-refractivity contribution is -0.155. The fourth-order valence-corrected chi connectivity index (χ4v) is 2.98. The normalized spacial score (nSPS) is 11.6. The maximum absolute atomic E-state index is 12.9. The van der Waals surface area contributed by atoms with Crippen LogP contribution in [0.1, 0.15) is 29.5 Å². The van der Waals surface area contributed by atoms with Gasteiger partial charge in [-0.05, 0) is 23.6 Å². The fraction of sp³-hybridized carbons (Fsp3) is 0.167. The van der Waals surface area contributed by atoms with E-state index in [1.807, 2.05) is 91.0 Å². The highest BCUT2D eigenvalue weighted by Crippen LogP contribution is 2.26. The van der Waals surface area contributed by atoms with Crippen molar-refractivity contribution in [2.24, 2.45) is 0 Å². The standard InChI is InChI=1S/C24H23NO3/c1-18(23(26)25-17-19-11-5-2-6-12-19)28-24(27)22(20-13-7-3-8-14-20)21-15-9-4-10-16-21/h2-16,18,22H,17H2,1H3,(H,25,26)/t18-/m0/s1. The topological polar surface area (TPSA) is 55.4 Å². The van der Waals surface area contributed by atoms with Crippen LogP contribution in [0, 0.1) is 0 Å². The van der Waals surface area contributed by atoms with E-state index in [-0.39, 0.29) is 5.91 Å². The van der Waals surface area contributed by atoms with Crippen molar-refractivity contribution in [2.45, 2.75) is 25.5 Å². The molecule has 0 aliphatic rings. The first-order valence-electron chi connectivity index (χ1n) is 9.27. The van der Waals surface area contributed by atoms with E-state index in [9.17, 15) is 9.59 Å². The maximum atomic E-state index is 12.9. The van der Waals surface area contributed by atoms with Gasteiger partial charge >= 0.3 is 5.97 Å². The van der Waals surface area contributed by atoms with Crippen LogP contribution < -0.4 is 5.32 Å². The predicted molar refractivity (Wildman–Crippen MR) is 109 cm³/mol. The van der Waals surface area contributed by atoms with Crippen LogP contribution in [0.5, 0.6) is 0 Å². The molecule has 1 amide bonds. The molecule has 0 saturated heterocycles. The lowest BCUT2D eigenvalue weighted by Crippen LogP contribution is -2.36. The molecule has 0 spiro atoms. The van der Waals surface area contributed by atoms with Gasteiger partial charge in [-0.3, -0.25) is 9.59 Å². The second-order valence-corrected chi connectivity index (χ2v) is 6.54. The Labute approximate surface area is 165 Å². The third kappa shape index (κ3) is 5.07. The summed E-state index contributed by atoms with van der Waals surface area (Å²) in [5.41, 5.74) is 2.65. The van der Waals surface area contributed by atoms with Gasteiger partial charge in [0.05, 0.1) is 0 Å². The summed E-state index contributed by atoms with van der Waals surface area (Å²) in [4.78, 5) is 25.3. The Morgan fingerprint density at radius 2 is 1.25 bits per heavy atom. The zero-order valence-electron chi connectivity index (χ0n) is 15.7. The van der Waals surface area contributed by atoms with Gasteiger partial charge in [0.2, 0.25) is 0 Å². The molecule has 3 aromatic rings. The minimum Gasteiger partial charge on any atom is -0.452 e. The molecule has 0 heterocycles. The number of carbonyl (C=O) groups is 2. The van der Waals surface area contributed by atoms with Crippen LogP contribution in [-0.2, 0) is 20.9 Å². The summed E-state index contributed by atoms with van der Waals surface area (Å²) in [7, 11) is 0. The average molecular weight is 373 g/mol. The van der Waals surface area contributed by atoms with Gasteiger partial charge in [0, 0.05) is 6.54 Å². The molecular weight excluding hydrogens is 350 g/mol. The molecule has 3 aromatic carbocycles. The van der Waals surface area contributed by atoms with E-state index in [0.717, 1.165) is 16.7 Å². The number of amides is 1. The number of carbonyl (C=O) groups excluding carboxylic acids is 2. The lowest BCUT2D eigenvalue weighted by Gasteiger charge is -2.20. The van der Waals surface area contributed by atoms with Gasteiger partial charge in [-0.1, -0.05) is 91.0 Å². The largest absolute Gasteiger partial charge is 0.452 e. The molecule has 4 nitrogen and oxygen atoms in total. The molecule has 28 heavy (non-hydrogen) atoms. The number of esters is 1. The van der Waals surface area contributed by atoms with Crippen molar-refractivity contribution in [2.75, 3.05) is 0 Å². The second-order valence-electron chi connectivity index (χ2n) is 6.54. The van der Waals surface area contributed by atoms with Crippen LogP contribution >= 0.6 is 0 Å². The quantitative estimate of drug-likeness (QED) is 0.635. The van der Waals surface area contributed by atoms with Crippen molar-refractivity contribution in [3.63, 3.8) is 0 Å². The van der Waals surface area contributed by atoms with Gasteiger partial charge in [-0.2, -0.15) is 0 Å². The Morgan fingerprint density at radius 1 is 0.786 bits per heavy atom. The summed E-state index contributed by atoms with van der Waals surface area (Å²) < 4.78 is 5.52. The Morgan fingerprint density at radius 3 is 1.75 bits per heavy atom. The summed E-state index contributed by atoms with van der Waals surface area (Å²) in [6, 6.07) is 28.5. The number of rotatable bonds is 7. The molecule has 0 unspecified atom stereocenters. The van der Waals surface area contributed by atoms with Crippen LogP contribution in [0.4, 0.5) is 0 Å². The second kappa shape index (κ2) is 9.51. The predicted octanol–water partition coefficient (Wildman–Crippen LogP) is 4.07. The average Bonchev–Trinajstić information content (AvgIpc) is 2.74. The molecule has 0 bridgehead atoms. The SMILES string of the molecule is C[C@H](OC(=O)C(c1ccccc1)c1ccccc1)C(=O)NCc1ccccc1. The summed E-state index contributed by atoms with van der Waals surface area (Å²) in [6.45, 7) is 1.98. The molecule has 1 atom stereocenters. The van der Waals surface area contributed by atoms with Crippen LogP contribution in [0.15, 0.2) is 91.0 Å². The van der Waals surface area contributed by atoms with E-state index < -0.39 is 18.0 Å². The maximum Gasteiger partial charge on any atom is 0.318 e. The van der Waals surface area contributed by atoms with E-state index in [1.165, 1.54) is 0 Å². The highest BCUT2D eigenvalue weighted by molar-refractivity contribution is 5.87. The molecule has 4 heteroatoms. The lowest BCUT2D eigenvalue weighted by atomic mass is 9.91. The van der Waals surface area contributed by atoms with E-state index in [4.69, 9.17) is 4.74 Å². The fourth-order valence-electron chi connectivity index (χ4n) is 2.98. The monoisotopic (exact) mass is 373 g/mol. The number of nitrogens with one attached hydrogen (secondary N) is 1. The Hall–Kier alpha value is -3.40. The first-order valence-corrected chi connectivity index (χ1v) is 9.27. The zero-order chi connectivity index (χ0) is 19.8. The Kier molecular flexibility index (Phi) is 6.58. The van der Waals surface area contributed by atoms with Crippen LogP contribution in [0.3, 0.4) is 0 Å². The van der Waals surface area contributed by atoms with Crippen LogP contribution in [-0.4, -0.2) is 18.0 Å². The zero-order valence-corrected chi connectivity index (χ0v) is 15.7. The number of hydrogen-bond donors (Lipinski definition) is 1. The van der Waals surface area contributed by atoms with Crippen LogP contribution in [0.25, 0.3) is 0 Å². The van der Waals surface area contributed by atoms with E-state index in [0.29, 0.717) is 6.54 Å². The number of benzene rings is 3. The van der Waals surface area contributed by atoms with Gasteiger partial charge in [0.25, 0.3) is 5.91 Å². The summed E-state index contributed by atoms with van der Waals surface area (Å²) in [5.74, 6) is -1.34. The molecule has 0 saturated carbocycles. The van der Waals surface area contributed by atoms with Crippen molar-refractivity contribution >= 4 is 11.9 Å². The minimum atomic E-state index is -0.883. The van der Waals surface area contributed by atoms with Gasteiger partial charge in [-0.25, -0.2) is 0 Å². The highest BCUT2D eigenvalue weighted by Gasteiger charge is 2.27. The van der Waals surface area contributed by atoms with Gasteiger partial charge in [-0.15, -0.1) is 0 Å². The van der Waals surface area contributed by atoms with Gasteiger partial charge in [0.1, 0.15) is 5.92 Å². The van der Waals surface area contributed by atoms with E-state index >= 15 is 0 Å². The van der Waals surface area contributed by atoms with Crippen molar-refractivity contribution in [1.29, 1.82) is 0 Å². The summed E-state index contributed by atoms with van der Waals surface area (Å²) in [5, 5.41) is 2.81. The number of ether oxygens (including phenoxy) is 1. The van der Waals surface area contributed by atoms with Gasteiger partial charge < -0.3 is 10.1 Å². The van der Waals surface area contributed by atoms with Crippen molar-refractivity contribution in [3.05, 3.63) is 108 Å². The van der Waals surface area contributed by atoms with Crippen LogP contribution in [0.2, 0.25) is 0 Å². The molecule has 0 aromatic heterocycles. The molecular formula is C24H23NO3. The summed E-state index contributed by atoms with van der Waals surface area (Å²) >= 11 is 0. The van der Waals surface area contributed by atoms with Crippen molar-refractivity contribution in [3.8, 4) is 0 Å². The third-order valence-electron chi connectivity index (χ3n) is 4.47. The highest BCUT2D eigenvalue weighted by atomic mass is 16.5. The molecule has 0 aliphatic carbocycles. The smallest absolute Gasteiger partial charge is 0.318 e. The molecule has 3 rings (SSSR count). The van der Waals surface area contributed by atoms with Crippen molar-refractivity contribution in [1.82, 2.24) is 5.32 Å². The van der Waals surface area contributed by atoms with Crippen molar-refractivity contribution < 1.29 is 14.3 Å². The Bertz CT molecular complexity index is 855. The molecule has 0 fully saturated rings. The molecule has 142 valence electrons.